The van der Waals surface area contributed by atoms with Crippen LogP contribution in [-0.4, -0.2) is 89.7 Å². The van der Waals surface area contributed by atoms with Crippen LogP contribution in [-0.2, 0) is 20.7 Å². The van der Waals surface area contributed by atoms with E-state index in [4.69, 9.17) is 33.2 Å². The summed E-state index contributed by atoms with van der Waals surface area (Å²) < 4.78 is 38.8. The smallest absolute Gasteiger partial charge is 0.497 e. The van der Waals surface area contributed by atoms with Crippen molar-refractivity contribution < 1.29 is 47.5 Å². The van der Waals surface area contributed by atoms with Crippen LogP contribution in [0.25, 0.3) is 10.9 Å². The highest BCUT2D eigenvalue weighted by atomic mass is 16.7. The molecule has 3 aliphatic rings. The quantitative estimate of drug-likeness (QED) is 0.156. The van der Waals surface area contributed by atoms with Crippen LogP contribution in [0, 0.1) is 17.8 Å². The maximum atomic E-state index is 13.7. The Morgan fingerprint density at radius 2 is 1.62 bits per heavy atom. The number of ether oxygens (including phenoxy) is 7. The van der Waals surface area contributed by atoms with Gasteiger partial charge in [-0.2, -0.15) is 0 Å². The highest BCUT2D eigenvalue weighted by Gasteiger charge is 2.49. The fraction of sp³-hybridized carbons (Fsp3) is 0.425. The van der Waals surface area contributed by atoms with Gasteiger partial charge in [0.1, 0.15) is 17.6 Å². The van der Waals surface area contributed by atoms with E-state index >= 15 is 0 Å². The van der Waals surface area contributed by atoms with E-state index in [-0.39, 0.29) is 52.4 Å². The average Bonchev–Trinajstić information content (AvgIpc) is 3.54. The molecule has 53 heavy (non-hydrogen) atoms. The lowest BCUT2D eigenvalue weighted by Crippen LogP contribution is -2.52. The zero-order chi connectivity index (χ0) is 37.4. The van der Waals surface area contributed by atoms with Gasteiger partial charge >= 0.3 is 18.1 Å². The lowest BCUT2D eigenvalue weighted by Gasteiger charge is -2.51. The Hall–Kier alpha value is -5.43. The Labute approximate surface area is 308 Å². The summed E-state index contributed by atoms with van der Waals surface area (Å²) in [4.78, 5) is 47.9. The fourth-order valence-electron chi connectivity index (χ4n) is 8.40. The summed E-state index contributed by atoms with van der Waals surface area (Å²) in [6.45, 7) is 1.68. The summed E-state index contributed by atoms with van der Waals surface area (Å²) in [6, 6.07) is 16.1. The predicted octanol–water partition coefficient (Wildman–Crippen LogP) is 6.18. The van der Waals surface area contributed by atoms with Crippen molar-refractivity contribution in [3.05, 3.63) is 71.4 Å². The number of carbonyl (C=O) groups excluding carboxylic acids is 3. The number of aromatic nitrogens is 1. The Balaban J connectivity index is 1.07. The highest BCUT2D eigenvalue weighted by Crippen LogP contribution is 2.50. The number of aromatic amines is 1. The Morgan fingerprint density at radius 1 is 0.849 bits per heavy atom. The molecule has 1 aromatic heterocycles. The van der Waals surface area contributed by atoms with Gasteiger partial charge in [0.05, 0.1) is 46.0 Å². The molecule has 1 N–H and O–H groups in total. The molecular weight excluding hydrogens is 682 g/mol. The van der Waals surface area contributed by atoms with Crippen LogP contribution < -0.4 is 28.6 Å². The molecule has 7 rings (SSSR count). The fourth-order valence-corrected chi connectivity index (χ4v) is 8.40. The van der Waals surface area contributed by atoms with Gasteiger partial charge in [-0.05, 0) is 79.5 Å². The molecule has 3 heterocycles. The van der Waals surface area contributed by atoms with Gasteiger partial charge in [0, 0.05) is 61.6 Å². The van der Waals surface area contributed by atoms with Crippen LogP contribution >= 0.6 is 0 Å². The van der Waals surface area contributed by atoms with Crippen molar-refractivity contribution in [3.8, 4) is 28.7 Å². The van der Waals surface area contributed by atoms with Crippen molar-refractivity contribution in [2.75, 3.05) is 60.5 Å². The van der Waals surface area contributed by atoms with Crippen LogP contribution in [0.2, 0.25) is 0 Å². The standard InChI is InChI=1S/C40H45N3O10/c1-42(2)24-8-7-9-26(17-24)52-40(46)53-37-34(48-4)15-22(16-35(37)49-5)38(44)51-27-14-23-21-43-13-12-29-28-11-10-25(47-3)19-32(28)41-36(29)33(43)20-30(23)31(18-27)39(45)50-6/h7-11,15-17,19,23,27,30-31,33,41H,12-14,18,20-21H2,1-6H3/t23-,27?,30+,31-,33-/m1/s1. The summed E-state index contributed by atoms with van der Waals surface area (Å²) in [6.07, 6.45) is 1.13. The van der Waals surface area contributed by atoms with Gasteiger partial charge in [-0.3, -0.25) is 9.69 Å². The Morgan fingerprint density at radius 3 is 2.32 bits per heavy atom. The van der Waals surface area contributed by atoms with Crippen molar-refractivity contribution >= 4 is 34.7 Å². The van der Waals surface area contributed by atoms with E-state index in [2.05, 4.69) is 16.0 Å². The Kier molecular flexibility index (Phi) is 10.1. The molecule has 280 valence electrons. The predicted molar refractivity (Wildman–Crippen MR) is 195 cm³/mol. The van der Waals surface area contributed by atoms with Crippen LogP contribution in [0.15, 0.2) is 54.6 Å². The molecule has 3 aromatic carbocycles. The summed E-state index contributed by atoms with van der Waals surface area (Å²) in [7, 11) is 9.60. The largest absolute Gasteiger partial charge is 0.519 e. The van der Waals surface area contributed by atoms with Gasteiger partial charge in [-0.15, -0.1) is 0 Å². The number of hydrogen-bond donors (Lipinski definition) is 1. The number of carbonyl (C=O) groups is 3. The molecule has 0 bridgehead atoms. The minimum absolute atomic E-state index is 0.0536. The number of rotatable bonds is 9. The molecule has 1 saturated carbocycles. The van der Waals surface area contributed by atoms with Crippen molar-refractivity contribution in [1.82, 2.24) is 9.88 Å². The Bertz CT molecular complexity index is 2000. The first kappa shape index (κ1) is 36.0. The van der Waals surface area contributed by atoms with Gasteiger partial charge in [0.25, 0.3) is 0 Å². The van der Waals surface area contributed by atoms with Gasteiger partial charge in [-0.25, -0.2) is 9.59 Å². The molecular formula is C40H45N3O10. The number of methoxy groups -OCH3 is 4. The van der Waals surface area contributed by atoms with Gasteiger partial charge in [0.2, 0.25) is 5.75 Å². The molecule has 0 radical (unpaired) electrons. The van der Waals surface area contributed by atoms with Gasteiger partial charge in [0.15, 0.2) is 11.5 Å². The molecule has 0 amide bonds. The topological polar surface area (TPSA) is 138 Å². The minimum atomic E-state index is -1.01. The van der Waals surface area contributed by atoms with E-state index in [1.807, 2.05) is 37.2 Å². The molecule has 13 nitrogen and oxygen atoms in total. The molecule has 2 aliphatic heterocycles. The van der Waals surface area contributed by atoms with Crippen LogP contribution in [0.3, 0.4) is 0 Å². The van der Waals surface area contributed by atoms with E-state index in [0.717, 1.165) is 42.9 Å². The third kappa shape index (κ3) is 7.05. The van der Waals surface area contributed by atoms with E-state index < -0.39 is 24.1 Å². The van der Waals surface area contributed by atoms with Crippen LogP contribution in [0.5, 0.6) is 28.7 Å². The van der Waals surface area contributed by atoms with Crippen molar-refractivity contribution in [3.63, 3.8) is 0 Å². The van der Waals surface area contributed by atoms with Crippen LogP contribution in [0.4, 0.5) is 10.5 Å². The van der Waals surface area contributed by atoms with Crippen molar-refractivity contribution in [2.45, 2.75) is 37.8 Å². The normalized spacial score (nSPS) is 22.0. The average molecular weight is 728 g/mol. The molecule has 0 spiro atoms. The molecule has 4 aromatic rings. The first-order chi connectivity index (χ1) is 25.6. The molecule has 13 heteroatoms. The maximum Gasteiger partial charge on any atom is 0.519 e. The van der Waals surface area contributed by atoms with Crippen molar-refractivity contribution in [1.29, 1.82) is 0 Å². The second-order valence-electron chi connectivity index (χ2n) is 14.0. The number of hydrogen-bond acceptors (Lipinski definition) is 12. The lowest BCUT2D eigenvalue weighted by atomic mass is 9.65. The van der Waals surface area contributed by atoms with Gasteiger partial charge in [-0.1, -0.05) is 6.07 Å². The molecule has 5 atom stereocenters. The molecule has 1 unspecified atom stereocenters. The maximum absolute atomic E-state index is 13.7. The number of H-pyrrole nitrogens is 1. The van der Waals surface area contributed by atoms with Gasteiger partial charge < -0.3 is 43.0 Å². The first-order valence-electron chi connectivity index (χ1n) is 17.7. The van der Waals surface area contributed by atoms with E-state index in [1.165, 1.54) is 50.1 Å². The number of benzene rings is 3. The third-order valence-corrected chi connectivity index (χ3v) is 10.9. The SMILES string of the molecule is COC(=O)[C@@H]1CC(OC(=O)c2cc(OC)c(OC(=O)Oc3cccc(N(C)C)c3)c(OC)c2)C[C@@H]2CN3CCc4c([nH]c5cc(OC)ccc45)[C@H]3C[C@@H]21. The number of nitrogens with one attached hydrogen (secondary N) is 1. The van der Waals surface area contributed by atoms with E-state index in [1.54, 1.807) is 25.3 Å². The summed E-state index contributed by atoms with van der Waals surface area (Å²) in [5.41, 5.74) is 4.56. The van der Waals surface area contributed by atoms with Crippen LogP contribution in [0.1, 0.15) is 46.9 Å². The van der Waals surface area contributed by atoms with E-state index in [0.29, 0.717) is 12.8 Å². The summed E-state index contributed by atoms with van der Waals surface area (Å²) in [5, 5.41) is 1.21. The number of fused-ring (bicyclic) bond motifs is 6. The molecule has 1 saturated heterocycles. The summed E-state index contributed by atoms with van der Waals surface area (Å²) >= 11 is 0. The third-order valence-electron chi connectivity index (χ3n) is 10.9. The lowest BCUT2D eigenvalue weighted by molar-refractivity contribution is -0.155. The number of esters is 2. The zero-order valence-corrected chi connectivity index (χ0v) is 30.8. The first-order valence-corrected chi connectivity index (χ1v) is 17.7. The second-order valence-corrected chi connectivity index (χ2v) is 14.0. The number of anilines is 1. The minimum Gasteiger partial charge on any atom is -0.497 e. The highest BCUT2D eigenvalue weighted by molar-refractivity contribution is 5.92. The monoisotopic (exact) mass is 727 g/mol. The number of nitrogens with zero attached hydrogens (tertiary/aromatic N) is 2. The zero-order valence-electron chi connectivity index (χ0n) is 30.8. The van der Waals surface area contributed by atoms with E-state index in [9.17, 15) is 14.4 Å². The summed E-state index contributed by atoms with van der Waals surface area (Å²) in [5.74, 6) is 0.0271. The molecule has 2 fully saturated rings. The second kappa shape index (κ2) is 14.9. The molecule has 1 aliphatic carbocycles. The number of piperidine rings is 1. The van der Waals surface area contributed by atoms with Crippen molar-refractivity contribution in [2.24, 2.45) is 17.8 Å².